The zero-order valence-corrected chi connectivity index (χ0v) is 19.1. The maximum absolute atomic E-state index is 13.3. The smallest absolute Gasteiger partial charge is 0.295 e. The average Bonchev–Trinajstić information content (AvgIpc) is 3.21. The number of aromatic amines is 1. The Morgan fingerprint density at radius 1 is 1.16 bits per heavy atom. The molecule has 1 amide bonds. The van der Waals surface area contributed by atoms with Gasteiger partial charge >= 0.3 is 0 Å². The standard InChI is InChI=1S/C26H28N2O4/c1-6-11-28-22(20-16(4)27-19-10-8-7-9-17(19)20)21(24(30)26(28)31)23(29)18-13-14(2)12-15(3)25(18)32-5/h7-10,12-13,22,27,29H,6,11H2,1-5H3/b23-21+. The summed E-state index contributed by atoms with van der Waals surface area (Å²) in [5.41, 5.74) is 4.90. The predicted octanol–water partition coefficient (Wildman–Crippen LogP) is 4.93. The molecule has 0 aliphatic carbocycles. The Morgan fingerprint density at radius 3 is 2.56 bits per heavy atom. The number of para-hydroxylation sites is 1. The van der Waals surface area contributed by atoms with Crippen molar-refractivity contribution in [3.05, 3.63) is 69.9 Å². The first-order chi connectivity index (χ1) is 15.3. The maximum atomic E-state index is 13.3. The van der Waals surface area contributed by atoms with Crippen LogP contribution in [-0.4, -0.2) is 40.3 Å². The molecule has 2 aromatic carbocycles. The van der Waals surface area contributed by atoms with Crippen LogP contribution in [0, 0.1) is 20.8 Å². The number of amides is 1. The summed E-state index contributed by atoms with van der Waals surface area (Å²) in [5, 5.41) is 12.4. The second kappa shape index (κ2) is 8.19. The molecule has 1 fully saturated rings. The molecule has 0 spiro atoms. The Labute approximate surface area is 187 Å². The van der Waals surface area contributed by atoms with Gasteiger partial charge in [0.2, 0.25) is 0 Å². The number of ether oxygens (including phenoxy) is 1. The molecule has 1 atom stereocenters. The summed E-state index contributed by atoms with van der Waals surface area (Å²) in [6, 6.07) is 10.9. The second-order valence-electron chi connectivity index (χ2n) is 8.36. The SMILES string of the molecule is CCCN1C(=O)C(=O)/C(=C(/O)c2cc(C)cc(C)c2OC)C1c1c(C)[nH]c2ccccc12. The number of benzene rings is 2. The number of carbonyl (C=O) groups is 2. The van der Waals surface area contributed by atoms with E-state index in [9.17, 15) is 14.7 Å². The number of aliphatic hydroxyl groups excluding tert-OH is 1. The van der Waals surface area contributed by atoms with Gasteiger partial charge in [-0.2, -0.15) is 0 Å². The van der Waals surface area contributed by atoms with Crippen LogP contribution in [0.15, 0.2) is 42.0 Å². The highest BCUT2D eigenvalue weighted by Gasteiger charge is 2.47. The van der Waals surface area contributed by atoms with E-state index in [0.717, 1.165) is 33.3 Å². The van der Waals surface area contributed by atoms with E-state index in [1.165, 1.54) is 7.11 Å². The molecule has 2 heterocycles. The number of methoxy groups -OCH3 is 1. The molecule has 2 N–H and O–H groups in total. The van der Waals surface area contributed by atoms with Crippen molar-refractivity contribution < 1.29 is 19.4 Å². The zero-order chi connectivity index (χ0) is 23.2. The summed E-state index contributed by atoms with van der Waals surface area (Å²) in [6.45, 7) is 8.11. The van der Waals surface area contributed by atoms with Gasteiger partial charge in [0.05, 0.1) is 24.3 Å². The van der Waals surface area contributed by atoms with Gasteiger partial charge in [0.1, 0.15) is 11.5 Å². The average molecular weight is 433 g/mol. The van der Waals surface area contributed by atoms with Crippen LogP contribution in [0.1, 0.15) is 47.3 Å². The van der Waals surface area contributed by atoms with E-state index < -0.39 is 17.7 Å². The summed E-state index contributed by atoms with van der Waals surface area (Å²) in [4.78, 5) is 31.3. The number of aromatic nitrogens is 1. The first kappa shape index (κ1) is 21.7. The number of hydrogen-bond donors (Lipinski definition) is 2. The minimum Gasteiger partial charge on any atom is -0.507 e. The van der Waals surface area contributed by atoms with Crippen molar-refractivity contribution in [3.8, 4) is 5.75 Å². The van der Waals surface area contributed by atoms with Crippen LogP contribution in [0.4, 0.5) is 0 Å². The van der Waals surface area contributed by atoms with Crippen LogP contribution in [-0.2, 0) is 9.59 Å². The van der Waals surface area contributed by atoms with E-state index >= 15 is 0 Å². The van der Waals surface area contributed by atoms with Gasteiger partial charge in [0.25, 0.3) is 11.7 Å². The number of Topliss-reactive ketones (excluding diaryl/α,β-unsaturated/α-hetero) is 1. The predicted molar refractivity (Wildman–Crippen MR) is 125 cm³/mol. The summed E-state index contributed by atoms with van der Waals surface area (Å²) >= 11 is 0. The van der Waals surface area contributed by atoms with E-state index in [1.54, 1.807) is 11.0 Å². The molecule has 0 bridgehead atoms. The fraction of sp³-hybridized carbons (Fsp3) is 0.308. The third kappa shape index (κ3) is 3.27. The highest BCUT2D eigenvalue weighted by Crippen LogP contribution is 2.44. The van der Waals surface area contributed by atoms with Gasteiger partial charge in [-0.25, -0.2) is 0 Å². The molecule has 166 valence electrons. The van der Waals surface area contributed by atoms with Crippen molar-refractivity contribution in [2.45, 2.75) is 40.2 Å². The summed E-state index contributed by atoms with van der Waals surface area (Å²) in [5.74, 6) is -0.984. The number of likely N-dealkylation sites (tertiary alicyclic amines) is 1. The Kier molecular flexibility index (Phi) is 5.55. The molecule has 1 saturated heterocycles. The fourth-order valence-electron chi connectivity index (χ4n) is 4.85. The molecule has 6 nitrogen and oxygen atoms in total. The van der Waals surface area contributed by atoms with Gasteiger partial charge in [-0.3, -0.25) is 9.59 Å². The molecule has 32 heavy (non-hydrogen) atoms. The minimum absolute atomic E-state index is 0.0969. The lowest BCUT2D eigenvalue weighted by atomic mass is 9.92. The van der Waals surface area contributed by atoms with Gasteiger partial charge in [-0.15, -0.1) is 0 Å². The number of ketones is 1. The molecule has 1 aliphatic rings. The van der Waals surface area contributed by atoms with Crippen molar-refractivity contribution in [2.75, 3.05) is 13.7 Å². The van der Waals surface area contributed by atoms with Crippen molar-refractivity contribution in [1.82, 2.24) is 9.88 Å². The molecule has 4 rings (SSSR count). The zero-order valence-electron chi connectivity index (χ0n) is 19.1. The van der Waals surface area contributed by atoms with Gasteiger partial charge in [-0.05, 0) is 50.5 Å². The maximum Gasteiger partial charge on any atom is 0.295 e. The van der Waals surface area contributed by atoms with Gasteiger partial charge in [0, 0.05) is 28.7 Å². The number of H-pyrrole nitrogens is 1. The number of fused-ring (bicyclic) bond motifs is 1. The van der Waals surface area contributed by atoms with Crippen molar-refractivity contribution >= 4 is 28.4 Å². The fourth-order valence-corrected chi connectivity index (χ4v) is 4.85. The number of rotatable bonds is 5. The second-order valence-corrected chi connectivity index (χ2v) is 8.36. The van der Waals surface area contributed by atoms with E-state index in [1.807, 2.05) is 58.0 Å². The normalized spacial score (nSPS) is 18.0. The Bertz CT molecular complexity index is 1270. The summed E-state index contributed by atoms with van der Waals surface area (Å²) < 4.78 is 5.56. The third-order valence-corrected chi connectivity index (χ3v) is 6.10. The van der Waals surface area contributed by atoms with Crippen molar-refractivity contribution in [1.29, 1.82) is 0 Å². The molecular weight excluding hydrogens is 404 g/mol. The quantitative estimate of drug-likeness (QED) is 0.340. The molecule has 1 aromatic heterocycles. The van der Waals surface area contributed by atoms with Gasteiger partial charge in [-0.1, -0.05) is 31.2 Å². The van der Waals surface area contributed by atoms with Crippen LogP contribution in [0.5, 0.6) is 5.75 Å². The Hall–Kier alpha value is -3.54. The van der Waals surface area contributed by atoms with Crippen molar-refractivity contribution in [3.63, 3.8) is 0 Å². The highest BCUT2D eigenvalue weighted by molar-refractivity contribution is 6.46. The van der Waals surface area contributed by atoms with Crippen LogP contribution in [0.3, 0.4) is 0 Å². The van der Waals surface area contributed by atoms with Crippen LogP contribution in [0.2, 0.25) is 0 Å². The number of aliphatic hydroxyl groups is 1. The first-order valence-electron chi connectivity index (χ1n) is 10.8. The number of nitrogens with zero attached hydrogens (tertiary/aromatic N) is 1. The lowest BCUT2D eigenvalue weighted by Crippen LogP contribution is -2.30. The van der Waals surface area contributed by atoms with Crippen LogP contribution < -0.4 is 4.74 Å². The minimum atomic E-state index is -0.684. The largest absolute Gasteiger partial charge is 0.507 e. The third-order valence-electron chi connectivity index (χ3n) is 6.10. The summed E-state index contributed by atoms with van der Waals surface area (Å²) in [7, 11) is 1.53. The first-order valence-corrected chi connectivity index (χ1v) is 10.8. The lowest BCUT2D eigenvalue weighted by molar-refractivity contribution is -0.139. The number of hydrogen-bond acceptors (Lipinski definition) is 4. The number of aryl methyl sites for hydroxylation is 3. The van der Waals surface area contributed by atoms with E-state index in [2.05, 4.69) is 4.98 Å². The molecule has 3 aromatic rings. The number of nitrogens with one attached hydrogen (secondary N) is 1. The lowest BCUT2D eigenvalue weighted by Gasteiger charge is -2.25. The Morgan fingerprint density at radius 2 is 1.88 bits per heavy atom. The molecule has 0 saturated carbocycles. The molecule has 1 aliphatic heterocycles. The van der Waals surface area contributed by atoms with Gasteiger partial charge < -0.3 is 19.7 Å². The molecular formula is C26H28N2O4. The Balaban J connectivity index is 2.05. The van der Waals surface area contributed by atoms with Crippen molar-refractivity contribution in [2.24, 2.45) is 0 Å². The molecule has 0 radical (unpaired) electrons. The van der Waals surface area contributed by atoms with Crippen LogP contribution in [0.25, 0.3) is 16.7 Å². The topological polar surface area (TPSA) is 82.6 Å². The molecule has 6 heteroatoms. The van der Waals surface area contributed by atoms with Crippen LogP contribution >= 0.6 is 0 Å². The van der Waals surface area contributed by atoms with E-state index in [4.69, 9.17) is 4.74 Å². The van der Waals surface area contributed by atoms with E-state index in [0.29, 0.717) is 24.3 Å². The summed E-state index contributed by atoms with van der Waals surface area (Å²) in [6.07, 6.45) is 0.692. The highest BCUT2D eigenvalue weighted by atomic mass is 16.5. The monoisotopic (exact) mass is 432 g/mol. The molecule has 1 unspecified atom stereocenters. The van der Waals surface area contributed by atoms with E-state index in [-0.39, 0.29) is 11.3 Å². The number of carbonyl (C=O) groups excluding carboxylic acids is 2. The van der Waals surface area contributed by atoms with Gasteiger partial charge in [0.15, 0.2) is 0 Å².